The van der Waals surface area contributed by atoms with Crippen LogP contribution in [0.4, 0.5) is 11.4 Å². The number of benzene rings is 2. The Morgan fingerprint density at radius 3 is 2.61 bits per heavy atom. The highest BCUT2D eigenvalue weighted by molar-refractivity contribution is 6.30. The van der Waals surface area contributed by atoms with E-state index in [1.54, 1.807) is 6.92 Å². The Labute approximate surface area is 183 Å². The summed E-state index contributed by atoms with van der Waals surface area (Å²) in [6.07, 6.45) is 0. The van der Waals surface area contributed by atoms with E-state index >= 15 is 0 Å². The number of carbonyl (C=O) groups excluding carboxylic acids is 1. The topological polar surface area (TPSA) is 121 Å². The summed E-state index contributed by atoms with van der Waals surface area (Å²) in [5.41, 5.74) is 3.54. The molecule has 1 aromatic heterocycles. The Morgan fingerprint density at radius 2 is 2.00 bits per heavy atom. The van der Waals surface area contributed by atoms with E-state index in [0.717, 1.165) is 22.3 Å². The summed E-state index contributed by atoms with van der Waals surface area (Å²) in [5.74, 6) is -0.632. The second kappa shape index (κ2) is 9.32. The summed E-state index contributed by atoms with van der Waals surface area (Å²) in [6.45, 7) is 3.90. The number of ether oxygens (including phenoxy) is 1. The van der Waals surface area contributed by atoms with Crippen LogP contribution in [0, 0.1) is 28.4 Å². The number of hydrogen-bond acceptors (Lipinski definition) is 6. The lowest BCUT2D eigenvalue weighted by Crippen LogP contribution is -2.11. The van der Waals surface area contributed by atoms with Gasteiger partial charge < -0.3 is 15.0 Å². The Hall–Kier alpha value is -3.83. The van der Waals surface area contributed by atoms with Gasteiger partial charge in [-0.3, -0.25) is 10.1 Å². The molecule has 0 radical (unpaired) electrons. The van der Waals surface area contributed by atoms with Crippen molar-refractivity contribution in [3.8, 4) is 17.2 Å². The minimum atomic E-state index is -0.632. The molecule has 9 heteroatoms. The van der Waals surface area contributed by atoms with Crippen LogP contribution in [0.3, 0.4) is 0 Å². The van der Waals surface area contributed by atoms with Gasteiger partial charge in [-0.25, -0.2) is 4.79 Å². The highest BCUT2D eigenvalue weighted by atomic mass is 35.5. The number of rotatable bonds is 7. The molecule has 0 spiro atoms. The zero-order chi connectivity index (χ0) is 22.5. The number of nitro benzene ring substituents is 1. The van der Waals surface area contributed by atoms with Gasteiger partial charge in [0.2, 0.25) is 0 Å². The Kier molecular flexibility index (Phi) is 6.58. The van der Waals surface area contributed by atoms with Gasteiger partial charge in [0.15, 0.2) is 0 Å². The van der Waals surface area contributed by atoms with Crippen LogP contribution in [0.2, 0.25) is 5.15 Å². The molecular weight excluding hydrogens is 420 g/mol. The van der Waals surface area contributed by atoms with Crippen molar-refractivity contribution in [2.24, 2.45) is 0 Å². The SMILES string of the molecule is CCOC(=O)c1cccc([N+](=O)[O-])c1NCc1ccc(-c2c(C#N)[nH]c(Cl)c2C)cc1. The predicted octanol–water partition coefficient (Wildman–Crippen LogP) is 5.21. The van der Waals surface area contributed by atoms with Gasteiger partial charge in [-0.15, -0.1) is 0 Å². The number of hydrogen-bond donors (Lipinski definition) is 2. The number of H-pyrrole nitrogens is 1. The van der Waals surface area contributed by atoms with E-state index in [0.29, 0.717) is 10.8 Å². The van der Waals surface area contributed by atoms with E-state index < -0.39 is 10.9 Å². The first-order chi connectivity index (χ1) is 14.9. The molecule has 31 heavy (non-hydrogen) atoms. The predicted molar refractivity (Wildman–Crippen MR) is 117 cm³/mol. The molecule has 0 atom stereocenters. The molecule has 0 unspecified atom stereocenters. The van der Waals surface area contributed by atoms with Crippen LogP contribution in [-0.2, 0) is 11.3 Å². The fourth-order valence-electron chi connectivity index (χ4n) is 3.24. The lowest BCUT2D eigenvalue weighted by Gasteiger charge is -2.12. The Bertz CT molecular complexity index is 1180. The second-order valence-electron chi connectivity index (χ2n) is 6.65. The minimum absolute atomic E-state index is 0.101. The number of carbonyl (C=O) groups is 1. The first kappa shape index (κ1) is 21.9. The highest BCUT2D eigenvalue weighted by Crippen LogP contribution is 2.33. The average Bonchev–Trinajstić information content (AvgIpc) is 3.06. The van der Waals surface area contributed by atoms with Crippen LogP contribution in [0.1, 0.15) is 34.1 Å². The molecule has 0 fully saturated rings. The molecule has 158 valence electrons. The lowest BCUT2D eigenvalue weighted by atomic mass is 10.0. The smallest absolute Gasteiger partial charge is 0.340 e. The van der Waals surface area contributed by atoms with Crippen LogP contribution < -0.4 is 5.32 Å². The number of esters is 1. The van der Waals surface area contributed by atoms with Crippen molar-refractivity contribution in [1.29, 1.82) is 5.26 Å². The molecule has 2 aromatic carbocycles. The molecule has 3 rings (SSSR count). The number of nitrogens with zero attached hydrogens (tertiary/aromatic N) is 2. The number of halogens is 1. The molecule has 8 nitrogen and oxygen atoms in total. The molecule has 0 aliphatic carbocycles. The number of nitriles is 1. The monoisotopic (exact) mass is 438 g/mol. The van der Waals surface area contributed by atoms with Gasteiger partial charge in [0.1, 0.15) is 22.6 Å². The average molecular weight is 439 g/mol. The quantitative estimate of drug-likeness (QED) is 0.296. The minimum Gasteiger partial charge on any atom is -0.462 e. The van der Waals surface area contributed by atoms with Gasteiger partial charge in [0.25, 0.3) is 5.69 Å². The maximum atomic E-state index is 12.2. The summed E-state index contributed by atoms with van der Waals surface area (Å²) in [7, 11) is 0. The third-order valence-electron chi connectivity index (χ3n) is 4.75. The molecule has 0 amide bonds. The van der Waals surface area contributed by atoms with Crippen LogP contribution >= 0.6 is 11.6 Å². The molecule has 0 aliphatic heterocycles. The molecule has 3 aromatic rings. The molecule has 0 bridgehead atoms. The fourth-order valence-corrected chi connectivity index (χ4v) is 3.43. The Balaban J connectivity index is 1.87. The van der Waals surface area contributed by atoms with Crippen molar-refractivity contribution < 1.29 is 14.5 Å². The van der Waals surface area contributed by atoms with Crippen LogP contribution in [0.5, 0.6) is 0 Å². The fraction of sp³-hybridized carbons (Fsp3) is 0.182. The van der Waals surface area contributed by atoms with Crippen molar-refractivity contribution in [3.05, 3.63) is 80.1 Å². The largest absolute Gasteiger partial charge is 0.462 e. The summed E-state index contributed by atoms with van der Waals surface area (Å²) >= 11 is 6.11. The van der Waals surface area contributed by atoms with E-state index in [2.05, 4.69) is 16.4 Å². The summed E-state index contributed by atoms with van der Waals surface area (Å²) in [4.78, 5) is 26.0. The molecule has 0 saturated heterocycles. The summed E-state index contributed by atoms with van der Waals surface area (Å²) in [5, 5.41) is 24.2. The van der Waals surface area contributed by atoms with E-state index in [-0.39, 0.29) is 30.1 Å². The number of nitrogens with one attached hydrogen (secondary N) is 2. The third kappa shape index (κ3) is 4.52. The van der Waals surface area contributed by atoms with Gasteiger partial charge in [0, 0.05) is 18.2 Å². The van der Waals surface area contributed by atoms with Crippen molar-refractivity contribution in [1.82, 2.24) is 4.98 Å². The van der Waals surface area contributed by atoms with E-state index in [4.69, 9.17) is 16.3 Å². The van der Waals surface area contributed by atoms with Crippen molar-refractivity contribution in [2.45, 2.75) is 20.4 Å². The van der Waals surface area contributed by atoms with Crippen LogP contribution in [0.25, 0.3) is 11.1 Å². The number of para-hydroxylation sites is 1. The van der Waals surface area contributed by atoms with Crippen molar-refractivity contribution in [2.75, 3.05) is 11.9 Å². The third-order valence-corrected chi connectivity index (χ3v) is 5.13. The lowest BCUT2D eigenvalue weighted by molar-refractivity contribution is -0.384. The number of aromatic nitrogens is 1. The zero-order valence-corrected chi connectivity index (χ0v) is 17.6. The number of nitro groups is 1. The first-order valence-corrected chi connectivity index (χ1v) is 9.81. The molecule has 2 N–H and O–H groups in total. The highest BCUT2D eigenvalue weighted by Gasteiger charge is 2.22. The van der Waals surface area contributed by atoms with Gasteiger partial charge in [-0.1, -0.05) is 41.9 Å². The summed E-state index contributed by atoms with van der Waals surface area (Å²) < 4.78 is 5.01. The van der Waals surface area contributed by atoms with E-state index in [9.17, 15) is 20.2 Å². The van der Waals surface area contributed by atoms with Gasteiger partial charge in [0.05, 0.1) is 17.1 Å². The standard InChI is InChI=1S/C22H19ClN4O4/c1-3-31-22(28)16-5-4-6-18(27(29)30)20(16)25-12-14-7-9-15(10-8-14)19-13(2)21(23)26-17(19)11-24/h4-10,25-26H,3,12H2,1-2H3. The van der Waals surface area contributed by atoms with Crippen molar-refractivity contribution in [3.63, 3.8) is 0 Å². The maximum absolute atomic E-state index is 12.2. The van der Waals surface area contributed by atoms with Gasteiger partial charge in [-0.2, -0.15) is 5.26 Å². The zero-order valence-electron chi connectivity index (χ0n) is 16.9. The van der Waals surface area contributed by atoms with E-state index in [1.165, 1.54) is 18.2 Å². The molecule has 0 aliphatic rings. The van der Waals surface area contributed by atoms with Gasteiger partial charge in [-0.05, 0) is 36.6 Å². The van der Waals surface area contributed by atoms with Crippen LogP contribution in [-0.4, -0.2) is 22.5 Å². The molecule has 0 saturated carbocycles. The normalized spacial score (nSPS) is 10.4. The second-order valence-corrected chi connectivity index (χ2v) is 7.03. The van der Waals surface area contributed by atoms with Gasteiger partial charge >= 0.3 is 5.97 Å². The number of aromatic amines is 1. The van der Waals surface area contributed by atoms with E-state index in [1.807, 2.05) is 31.2 Å². The molecule has 1 heterocycles. The van der Waals surface area contributed by atoms with Crippen LogP contribution in [0.15, 0.2) is 42.5 Å². The molecular formula is C22H19ClN4O4. The maximum Gasteiger partial charge on any atom is 0.340 e. The number of anilines is 1. The summed E-state index contributed by atoms with van der Waals surface area (Å²) in [6, 6.07) is 13.7. The van der Waals surface area contributed by atoms with Crippen molar-refractivity contribution >= 4 is 28.9 Å². The Morgan fingerprint density at radius 1 is 1.29 bits per heavy atom. The first-order valence-electron chi connectivity index (χ1n) is 9.43.